The highest BCUT2D eigenvalue weighted by molar-refractivity contribution is 7.99. The molecular formula is C13H22N4S. The van der Waals surface area contributed by atoms with Crippen LogP contribution in [0.4, 0.5) is 5.82 Å². The summed E-state index contributed by atoms with van der Waals surface area (Å²) in [6.07, 6.45) is 3.81. The number of aryl methyl sites for hydroxylation is 1. The zero-order valence-corrected chi connectivity index (χ0v) is 11.9. The van der Waals surface area contributed by atoms with Crippen molar-refractivity contribution >= 4 is 17.6 Å². The third kappa shape index (κ3) is 4.46. The van der Waals surface area contributed by atoms with Crippen molar-refractivity contribution in [3.8, 4) is 0 Å². The van der Waals surface area contributed by atoms with Crippen LogP contribution in [0.2, 0.25) is 0 Å². The summed E-state index contributed by atoms with van der Waals surface area (Å²) in [7, 11) is 0. The largest absolute Gasteiger partial charge is 0.369 e. The topological polar surface area (TPSA) is 41.0 Å². The molecule has 1 aromatic rings. The third-order valence-electron chi connectivity index (χ3n) is 3.07. The minimum absolute atomic E-state index is 0.958. The predicted octanol–water partition coefficient (Wildman–Crippen LogP) is 1.89. The summed E-state index contributed by atoms with van der Waals surface area (Å²) in [5, 5.41) is 3.39. The Hall–Kier alpha value is -0.810. The third-order valence-corrected chi connectivity index (χ3v) is 4.01. The van der Waals surface area contributed by atoms with Gasteiger partial charge in [-0.15, -0.1) is 0 Å². The Kier molecular flexibility index (Phi) is 5.74. The van der Waals surface area contributed by atoms with E-state index in [-0.39, 0.29) is 0 Å². The molecule has 100 valence electrons. The molecule has 18 heavy (non-hydrogen) atoms. The van der Waals surface area contributed by atoms with Crippen molar-refractivity contribution in [3.05, 3.63) is 18.1 Å². The van der Waals surface area contributed by atoms with E-state index < -0.39 is 0 Å². The Morgan fingerprint density at radius 2 is 2.17 bits per heavy atom. The van der Waals surface area contributed by atoms with Crippen molar-refractivity contribution in [1.29, 1.82) is 0 Å². The van der Waals surface area contributed by atoms with Gasteiger partial charge in [0.25, 0.3) is 0 Å². The first-order chi connectivity index (χ1) is 8.88. The average molecular weight is 266 g/mol. The number of anilines is 1. The lowest BCUT2D eigenvalue weighted by Gasteiger charge is -2.26. The molecule has 1 saturated heterocycles. The van der Waals surface area contributed by atoms with Crippen LogP contribution in [0.3, 0.4) is 0 Å². The van der Waals surface area contributed by atoms with Crippen LogP contribution in [0.5, 0.6) is 0 Å². The van der Waals surface area contributed by atoms with Crippen LogP contribution in [0.25, 0.3) is 0 Å². The summed E-state index contributed by atoms with van der Waals surface area (Å²) in [6.45, 7) is 6.68. The summed E-state index contributed by atoms with van der Waals surface area (Å²) in [6, 6.07) is 2.07. The maximum Gasteiger partial charge on any atom is 0.129 e. The maximum absolute atomic E-state index is 4.26. The highest BCUT2D eigenvalue weighted by Crippen LogP contribution is 2.09. The lowest BCUT2D eigenvalue weighted by atomic mass is 10.2. The van der Waals surface area contributed by atoms with E-state index in [1.807, 2.05) is 0 Å². The fourth-order valence-electron chi connectivity index (χ4n) is 2.05. The molecule has 1 N–H and O–H groups in total. The number of nitrogens with zero attached hydrogens (tertiary/aromatic N) is 3. The van der Waals surface area contributed by atoms with Gasteiger partial charge in [0.15, 0.2) is 0 Å². The Balaban J connectivity index is 1.73. The zero-order valence-electron chi connectivity index (χ0n) is 11.1. The van der Waals surface area contributed by atoms with E-state index in [9.17, 15) is 0 Å². The second-order valence-corrected chi connectivity index (χ2v) is 5.75. The number of aromatic nitrogens is 2. The van der Waals surface area contributed by atoms with Gasteiger partial charge in [-0.3, -0.25) is 4.90 Å². The molecule has 0 aliphatic carbocycles. The van der Waals surface area contributed by atoms with Crippen LogP contribution in [0.15, 0.2) is 12.4 Å². The van der Waals surface area contributed by atoms with Crippen molar-refractivity contribution in [1.82, 2.24) is 14.9 Å². The quantitative estimate of drug-likeness (QED) is 0.851. The van der Waals surface area contributed by atoms with Crippen LogP contribution in [-0.4, -0.2) is 52.6 Å². The first-order valence-electron chi connectivity index (χ1n) is 6.73. The molecule has 0 spiro atoms. The van der Waals surface area contributed by atoms with E-state index in [1.165, 1.54) is 24.6 Å². The molecule has 1 fully saturated rings. The van der Waals surface area contributed by atoms with E-state index in [0.29, 0.717) is 0 Å². The first kappa shape index (κ1) is 13.6. The SMILES string of the molecule is CCCc1cc(NCCN2CCSCC2)ncn1. The van der Waals surface area contributed by atoms with E-state index in [1.54, 1.807) is 6.33 Å². The monoisotopic (exact) mass is 266 g/mol. The lowest BCUT2D eigenvalue weighted by molar-refractivity contribution is 0.314. The molecule has 0 atom stereocenters. The molecule has 2 rings (SSSR count). The Morgan fingerprint density at radius 1 is 1.33 bits per heavy atom. The standard InChI is InChI=1S/C13H22N4S/c1-2-3-12-10-13(16-11-15-12)14-4-5-17-6-8-18-9-7-17/h10-11H,2-9H2,1H3,(H,14,15,16). The Labute approximate surface area is 114 Å². The molecule has 4 nitrogen and oxygen atoms in total. The van der Waals surface area contributed by atoms with Crippen LogP contribution >= 0.6 is 11.8 Å². The van der Waals surface area contributed by atoms with E-state index in [2.05, 4.69) is 44.9 Å². The number of hydrogen-bond donors (Lipinski definition) is 1. The average Bonchev–Trinajstić information content (AvgIpc) is 2.41. The van der Waals surface area contributed by atoms with Crippen LogP contribution < -0.4 is 5.32 Å². The van der Waals surface area contributed by atoms with Crippen molar-refractivity contribution in [3.63, 3.8) is 0 Å². The summed E-state index contributed by atoms with van der Waals surface area (Å²) >= 11 is 2.05. The van der Waals surface area contributed by atoms with Gasteiger partial charge in [0, 0.05) is 49.4 Å². The molecular weight excluding hydrogens is 244 g/mol. The van der Waals surface area contributed by atoms with Crippen molar-refractivity contribution in [2.45, 2.75) is 19.8 Å². The van der Waals surface area contributed by atoms with Gasteiger partial charge < -0.3 is 5.32 Å². The molecule has 0 unspecified atom stereocenters. The lowest BCUT2D eigenvalue weighted by Crippen LogP contribution is -2.36. The highest BCUT2D eigenvalue weighted by Gasteiger charge is 2.09. The first-order valence-corrected chi connectivity index (χ1v) is 7.89. The van der Waals surface area contributed by atoms with Gasteiger partial charge in [0.05, 0.1) is 0 Å². The maximum atomic E-state index is 4.26. The predicted molar refractivity (Wildman–Crippen MR) is 78.3 cm³/mol. The van der Waals surface area contributed by atoms with Gasteiger partial charge in [0.1, 0.15) is 12.1 Å². The fraction of sp³-hybridized carbons (Fsp3) is 0.692. The van der Waals surface area contributed by atoms with Gasteiger partial charge in [-0.2, -0.15) is 11.8 Å². The number of nitrogens with one attached hydrogen (secondary N) is 1. The summed E-state index contributed by atoms with van der Waals surface area (Å²) < 4.78 is 0. The van der Waals surface area contributed by atoms with Crippen molar-refractivity contribution in [2.75, 3.05) is 43.0 Å². The molecule has 5 heteroatoms. The van der Waals surface area contributed by atoms with Gasteiger partial charge in [0.2, 0.25) is 0 Å². The molecule has 0 radical (unpaired) electrons. The van der Waals surface area contributed by atoms with Gasteiger partial charge in [-0.05, 0) is 6.42 Å². The number of thioether (sulfide) groups is 1. The summed E-state index contributed by atoms with van der Waals surface area (Å²) in [5.41, 5.74) is 1.13. The van der Waals surface area contributed by atoms with Gasteiger partial charge in [-0.1, -0.05) is 13.3 Å². The van der Waals surface area contributed by atoms with Gasteiger partial charge >= 0.3 is 0 Å². The zero-order chi connectivity index (χ0) is 12.6. The van der Waals surface area contributed by atoms with E-state index in [4.69, 9.17) is 0 Å². The van der Waals surface area contributed by atoms with E-state index in [0.717, 1.165) is 37.4 Å². The summed E-state index contributed by atoms with van der Waals surface area (Å²) in [5.74, 6) is 3.50. The second-order valence-electron chi connectivity index (χ2n) is 4.53. The van der Waals surface area contributed by atoms with E-state index >= 15 is 0 Å². The molecule has 2 heterocycles. The molecule has 0 amide bonds. The minimum atomic E-state index is 0.958. The highest BCUT2D eigenvalue weighted by atomic mass is 32.2. The number of rotatable bonds is 6. The second kappa shape index (κ2) is 7.59. The molecule has 0 aromatic carbocycles. The normalized spacial score (nSPS) is 16.7. The molecule has 0 bridgehead atoms. The molecule has 1 aromatic heterocycles. The van der Waals surface area contributed by atoms with Crippen LogP contribution in [0.1, 0.15) is 19.0 Å². The molecule has 1 aliphatic heterocycles. The fourth-order valence-corrected chi connectivity index (χ4v) is 3.03. The van der Waals surface area contributed by atoms with Gasteiger partial charge in [-0.25, -0.2) is 9.97 Å². The Bertz CT molecular complexity index is 353. The molecule has 1 aliphatic rings. The summed E-state index contributed by atoms with van der Waals surface area (Å²) in [4.78, 5) is 11.0. The van der Waals surface area contributed by atoms with Crippen LogP contribution in [-0.2, 0) is 6.42 Å². The Morgan fingerprint density at radius 3 is 2.94 bits per heavy atom. The minimum Gasteiger partial charge on any atom is -0.369 e. The van der Waals surface area contributed by atoms with Crippen LogP contribution in [0, 0.1) is 0 Å². The van der Waals surface area contributed by atoms with Crippen molar-refractivity contribution < 1.29 is 0 Å². The molecule has 0 saturated carbocycles. The number of hydrogen-bond acceptors (Lipinski definition) is 5. The smallest absolute Gasteiger partial charge is 0.129 e. The van der Waals surface area contributed by atoms with Crippen molar-refractivity contribution in [2.24, 2.45) is 0 Å².